The number of aromatic amines is 1. The van der Waals surface area contributed by atoms with E-state index in [2.05, 4.69) is 53.7 Å². The fraction of sp³-hybridized carbons (Fsp3) is 0.867. The Kier molecular flexibility index (Phi) is 42.7. The van der Waals surface area contributed by atoms with Crippen LogP contribution >= 0.6 is 0 Å². The zero-order chi connectivity index (χ0) is 35.3. The Balaban J connectivity index is 0. The number of imidazole rings is 2. The van der Waals surface area contributed by atoms with Gasteiger partial charge in [0.2, 0.25) is 12.7 Å². The van der Waals surface area contributed by atoms with E-state index in [1.54, 1.807) is 0 Å². The van der Waals surface area contributed by atoms with E-state index < -0.39 is 0 Å². The number of aryl methyl sites for hydroxylation is 2. The SMILES string of the molecule is CCCCCCCCCCCCCCCCCCC(CCCCCCCCCCCCCCCCCC)n1cc[n+](C)c1.C[n+]1cc[nH]c1.[Cl-].[Cl-]. The molecule has 2 rings (SSSR count). The first-order valence-electron chi connectivity index (χ1n) is 22.2. The predicted octanol–water partition coefficient (Wildman–Crippen LogP) is 8.00. The van der Waals surface area contributed by atoms with Gasteiger partial charge in [-0.05, 0) is 25.7 Å². The molecule has 2 aromatic rings. The molecule has 0 fully saturated rings. The van der Waals surface area contributed by atoms with Gasteiger partial charge in [-0.1, -0.05) is 206 Å². The van der Waals surface area contributed by atoms with Gasteiger partial charge in [0.1, 0.15) is 30.8 Å². The van der Waals surface area contributed by atoms with E-state index in [1.165, 1.54) is 218 Å². The minimum absolute atomic E-state index is 0. The maximum Gasteiger partial charge on any atom is 0.243 e. The molecule has 302 valence electrons. The average Bonchev–Trinajstić information content (AvgIpc) is 3.77. The van der Waals surface area contributed by atoms with Crippen molar-refractivity contribution in [2.75, 3.05) is 0 Å². The average molecular weight is 756 g/mol. The number of hydrogen-bond donors (Lipinski definition) is 1. The summed E-state index contributed by atoms with van der Waals surface area (Å²) in [7, 11) is 4.13. The van der Waals surface area contributed by atoms with Crippen molar-refractivity contribution in [2.24, 2.45) is 14.1 Å². The molecule has 1 N–H and O–H groups in total. The van der Waals surface area contributed by atoms with Gasteiger partial charge in [0.25, 0.3) is 0 Å². The lowest BCUT2D eigenvalue weighted by Crippen LogP contribution is -3.00. The Hall–Kier alpha value is -1.00. The molecule has 0 aliphatic rings. The molecule has 0 aliphatic heterocycles. The van der Waals surface area contributed by atoms with Crippen LogP contribution in [0.15, 0.2) is 37.4 Å². The van der Waals surface area contributed by atoms with Crippen LogP contribution in [-0.4, -0.2) is 9.55 Å². The second kappa shape index (κ2) is 41.8. The molecule has 2 aromatic heterocycles. The van der Waals surface area contributed by atoms with Crippen molar-refractivity contribution in [1.82, 2.24) is 9.55 Å². The van der Waals surface area contributed by atoms with Crippen LogP contribution in [0.3, 0.4) is 0 Å². The van der Waals surface area contributed by atoms with Crippen LogP contribution in [0.25, 0.3) is 0 Å². The summed E-state index contributed by atoms with van der Waals surface area (Å²) >= 11 is 0. The molecule has 0 amide bonds. The van der Waals surface area contributed by atoms with Gasteiger partial charge in [0.05, 0.1) is 14.1 Å². The molecule has 0 bridgehead atoms. The fourth-order valence-corrected chi connectivity index (χ4v) is 7.35. The van der Waals surface area contributed by atoms with Crippen molar-refractivity contribution >= 4 is 0 Å². The summed E-state index contributed by atoms with van der Waals surface area (Å²) in [6, 6.07) is 0.708. The van der Waals surface area contributed by atoms with Crippen LogP contribution in [0.1, 0.15) is 238 Å². The number of H-pyrrole nitrogens is 1. The van der Waals surface area contributed by atoms with E-state index >= 15 is 0 Å². The van der Waals surface area contributed by atoms with E-state index in [0.29, 0.717) is 6.04 Å². The molecule has 51 heavy (non-hydrogen) atoms. The van der Waals surface area contributed by atoms with Crippen LogP contribution in [0, 0.1) is 0 Å². The van der Waals surface area contributed by atoms with Gasteiger partial charge in [-0.15, -0.1) is 0 Å². The number of nitrogens with one attached hydrogen (secondary N) is 1. The zero-order valence-corrected chi connectivity index (χ0v) is 36.2. The van der Waals surface area contributed by atoms with Gasteiger partial charge < -0.3 is 24.8 Å². The Labute approximate surface area is 332 Å². The molecular weight excluding hydrogens is 667 g/mol. The molecule has 0 saturated carbocycles. The number of halogens is 2. The molecule has 0 radical (unpaired) electrons. The number of aromatic nitrogens is 4. The third-order valence-electron chi connectivity index (χ3n) is 10.7. The third-order valence-corrected chi connectivity index (χ3v) is 10.7. The van der Waals surface area contributed by atoms with E-state index in [0.717, 1.165) is 0 Å². The van der Waals surface area contributed by atoms with Gasteiger partial charge >= 0.3 is 0 Å². The number of rotatable bonds is 35. The van der Waals surface area contributed by atoms with Gasteiger partial charge in [-0.25, -0.2) is 13.7 Å². The van der Waals surface area contributed by atoms with Crippen LogP contribution < -0.4 is 33.9 Å². The smallest absolute Gasteiger partial charge is 0.243 e. The minimum atomic E-state index is 0. The Bertz CT molecular complexity index is 849. The lowest BCUT2D eigenvalue weighted by Gasteiger charge is -2.14. The highest BCUT2D eigenvalue weighted by atomic mass is 35.5. The molecule has 0 aromatic carbocycles. The highest BCUT2D eigenvalue weighted by molar-refractivity contribution is 4.75. The zero-order valence-electron chi connectivity index (χ0n) is 34.7. The molecular formula is C45H88Cl2N4. The van der Waals surface area contributed by atoms with Gasteiger partial charge in [0, 0.05) is 0 Å². The second-order valence-corrected chi connectivity index (χ2v) is 15.6. The first-order chi connectivity index (χ1) is 24.2. The molecule has 0 atom stereocenters. The Morgan fingerprint density at radius 3 is 0.961 bits per heavy atom. The molecule has 0 aliphatic carbocycles. The summed E-state index contributed by atoms with van der Waals surface area (Å²) in [5.41, 5.74) is 0. The second-order valence-electron chi connectivity index (χ2n) is 15.6. The lowest BCUT2D eigenvalue weighted by atomic mass is 9.99. The fourth-order valence-electron chi connectivity index (χ4n) is 7.35. The minimum Gasteiger partial charge on any atom is -1.00 e. The van der Waals surface area contributed by atoms with Crippen LogP contribution in [-0.2, 0) is 14.1 Å². The van der Waals surface area contributed by atoms with Gasteiger partial charge in [0.15, 0.2) is 0 Å². The Morgan fingerprint density at radius 1 is 0.431 bits per heavy atom. The largest absolute Gasteiger partial charge is 1.00 e. The Morgan fingerprint density at radius 2 is 0.745 bits per heavy atom. The normalized spacial score (nSPS) is 10.9. The quantitative estimate of drug-likeness (QED) is 0.0546. The summed E-state index contributed by atoms with van der Waals surface area (Å²) in [4.78, 5) is 2.89. The topological polar surface area (TPSA) is 28.5 Å². The van der Waals surface area contributed by atoms with Crippen LogP contribution in [0.2, 0.25) is 0 Å². The van der Waals surface area contributed by atoms with Gasteiger partial charge in [-0.3, -0.25) is 4.98 Å². The first kappa shape index (κ1) is 52.1. The molecule has 0 spiro atoms. The number of unbranched alkanes of at least 4 members (excludes halogenated alkanes) is 30. The number of hydrogen-bond acceptors (Lipinski definition) is 0. The summed E-state index contributed by atoms with van der Waals surface area (Å²) in [6.45, 7) is 4.62. The highest BCUT2D eigenvalue weighted by Crippen LogP contribution is 2.24. The predicted molar refractivity (Wildman–Crippen MR) is 215 cm³/mol. The van der Waals surface area contributed by atoms with Crippen molar-refractivity contribution in [1.29, 1.82) is 0 Å². The van der Waals surface area contributed by atoms with Gasteiger partial charge in [-0.2, -0.15) is 0 Å². The molecule has 2 heterocycles. The maximum atomic E-state index is 2.89. The summed E-state index contributed by atoms with van der Waals surface area (Å²) in [5, 5.41) is 0. The lowest BCUT2D eigenvalue weighted by molar-refractivity contribution is -0.671. The molecule has 0 saturated heterocycles. The summed E-state index contributed by atoms with van der Waals surface area (Å²) < 4.78 is 6.67. The number of nitrogens with zero attached hydrogens (tertiary/aromatic N) is 3. The van der Waals surface area contributed by atoms with Crippen molar-refractivity contribution in [3.63, 3.8) is 0 Å². The van der Waals surface area contributed by atoms with Crippen molar-refractivity contribution in [2.45, 2.75) is 238 Å². The van der Waals surface area contributed by atoms with Crippen molar-refractivity contribution < 1.29 is 33.9 Å². The maximum absolute atomic E-state index is 2.89. The highest BCUT2D eigenvalue weighted by Gasteiger charge is 2.15. The van der Waals surface area contributed by atoms with Crippen LogP contribution in [0.5, 0.6) is 0 Å². The van der Waals surface area contributed by atoms with E-state index in [4.69, 9.17) is 0 Å². The van der Waals surface area contributed by atoms with Crippen molar-refractivity contribution in [3.8, 4) is 0 Å². The first-order valence-corrected chi connectivity index (χ1v) is 22.2. The van der Waals surface area contributed by atoms with E-state index in [9.17, 15) is 0 Å². The summed E-state index contributed by atoms with van der Waals surface area (Å²) in [5.74, 6) is 0. The summed E-state index contributed by atoms with van der Waals surface area (Å²) in [6.07, 6.45) is 61.8. The van der Waals surface area contributed by atoms with E-state index in [1.807, 2.05) is 30.3 Å². The third kappa shape index (κ3) is 35.8. The standard InChI is InChI=1S/C41H81N2.C4H6N2.2ClH/c1-4-6-8-10-12-14-16-18-20-22-24-26-28-30-32-34-36-41(43-39-38-42(3)40-43)37-35-33-31-29-27-25-23-21-19-17-15-13-11-9-7-5-2;1-6-3-2-5-4-6;;/h38-41H,4-37H2,1-3H3;2-4H,1H3;2*1H/q+1;;;/p-1. The monoisotopic (exact) mass is 755 g/mol. The van der Waals surface area contributed by atoms with E-state index in [-0.39, 0.29) is 24.8 Å². The van der Waals surface area contributed by atoms with Crippen molar-refractivity contribution in [3.05, 3.63) is 37.4 Å². The molecule has 4 nitrogen and oxygen atoms in total. The molecule has 6 heteroatoms. The van der Waals surface area contributed by atoms with Crippen LogP contribution in [0.4, 0.5) is 0 Å². The molecule has 0 unspecified atom stereocenters.